The number of pyridine rings is 1. The number of alkyl halides is 3. The zero-order valence-corrected chi connectivity index (χ0v) is 18.4. The Kier molecular flexibility index (Phi) is 5.54. The van der Waals surface area contributed by atoms with Crippen LogP contribution in [0.3, 0.4) is 0 Å². The molecule has 0 amide bonds. The van der Waals surface area contributed by atoms with Crippen molar-refractivity contribution in [1.82, 2.24) is 9.88 Å². The number of anilines is 1. The topological polar surface area (TPSA) is 53.5 Å². The highest BCUT2D eigenvalue weighted by Gasteiger charge is 2.53. The number of hydrogen-bond acceptors (Lipinski definition) is 5. The minimum atomic E-state index is -5.33. The summed E-state index contributed by atoms with van der Waals surface area (Å²) >= 11 is 0. The van der Waals surface area contributed by atoms with E-state index < -0.39 is 20.2 Å². The van der Waals surface area contributed by atoms with Gasteiger partial charge in [-0.1, -0.05) is 13.8 Å². The fourth-order valence-electron chi connectivity index (χ4n) is 4.28. The molecule has 0 bridgehead atoms. The van der Waals surface area contributed by atoms with Gasteiger partial charge < -0.3 is 4.90 Å². The molecule has 2 aliphatic rings. The van der Waals surface area contributed by atoms with E-state index >= 15 is 0 Å². The van der Waals surface area contributed by atoms with Gasteiger partial charge in [0, 0.05) is 36.7 Å². The first-order chi connectivity index (χ1) is 14.5. The van der Waals surface area contributed by atoms with Crippen LogP contribution in [0.15, 0.2) is 47.6 Å². The Bertz CT molecular complexity index is 1050. The van der Waals surface area contributed by atoms with Crippen LogP contribution in [0.4, 0.5) is 18.9 Å². The van der Waals surface area contributed by atoms with Gasteiger partial charge in [-0.05, 0) is 66.6 Å². The first kappa shape index (κ1) is 22.1. The zero-order chi connectivity index (χ0) is 22.4. The molecule has 2 fully saturated rings. The molecule has 4 rings (SSSR count). The van der Waals surface area contributed by atoms with Gasteiger partial charge in [-0.2, -0.15) is 13.2 Å². The molecule has 0 unspecified atom stereocenters. The molecule has 5 nitrogen and oxygen atoms in total. The molecule has 1 saturated carbocycles. The van der Waals surface area contributed by atoms with Crippen molar-refractivity contribution in [3.05, 3.63) is 53.9 Å². The van der Waals surface area contributed by atoms with Crippen LogP contribution in [0.25, 0.3) is 0 Å². The third kappa shape index (κ3) is 4.30. The van der Waals surface area contributed by atoms with Crippen LogP contribution < -0.4 is 4.90 Å². The summed E-state index contributed by atoms with van der Waals surface area (Å²) < 4.78 is 61.6. The van der Waals surface area contributed by atoms with Crippen LogP contribution in [0.5, 0.6) is 0 Å². The van der Waals surface area contributed by atoms with E-state index in [1.165, 1.54) is 23.3 Å². The average Bonchev–Trinajstić information content (AvgIpc) is 3.38. The van der Waals surface area contributed by atoms with E-state index in [4.69, 9.17) is 0 Å². The van der Waals surface area contributed by atoms with Gasteiger partial charge in [0.05, 0.1) is 11.6 Å². The van der Waals surface area contributed by atoms with E-state index in [0.717, 1.165) is 50.2 Å². The van der Waals surface area contributed by atoms with Gasteiger partial charge in [0.15, 0.2) is 0 Å². The standard InChI is InChI=1S/C22H26F3N3O2S/c1-16(2)11-18-12-26-10-7-17(18)13-28-15-27(14-21(28)8-9-21)19-3-5-20(6-4-19)31(29,30)22(23,24)25/h3-7,10,12,16H,8-9,11,13-15H2,1-2H3. The van der Waals surface area contributed by atoms with Crippen molar-refractivity contribution in [2.24, 2.45) is 5.92 Å². The molecule has 0 N–H and O–H groups in total. The van der Waals surface area contributed by atoms with E-state index in [2.05, 4.69) is 34.7 Å². The molecule has 1 aliphatic heterocycles. The molecule has 0 radical (unpaired) electrons. The Morgan fingerprint density at radius 1 is 1.10 bits per heavy atom. The Morgan fingerprint density at radius 2 is 1.77 bits per heavy atom. The highest BCUT2D eigenvalue weighted by atomic mass is 32.2. The molecule has 31 heavy (non-hydrogen) atoms. The summed E-state index contributed by atoms with van der Waals surface area (Å²) in [5.41, 5.74) is -1.99. The minimum Gasteiger partial charge on any atom is -0.357 e. The average molecular weight is 454 g/mol. The van der Waals surface area contributed by atoms with E-state index in [-0.39, 0.29) is 5.54 Å². The summed E-state index contributed by atoms with van der Waals surface area (Å²) in [6, 6.07) is 7.09. The summed E-state index contributed by atoms with van der Waals surface area (Å²) in [4.78, 5) is 8.08. The van der Waals surface area contributed by atoms with Crippen LogP contribution in [-0.2, 0) is 22.8 Å². The first-order valence-corrected chi connectivity index (χ1v) is 11.8. The number of aromatic nitrogens is 1. The van der Waals surface area contributed by atoms with Gasteiger partial charge in [0.1, 0.15) is 0 Å². The van der Waals surface area contributed by atoms with Crippen LogP contribution in [0.2, 0.25) is 0 Å². The molecular weight excluding hydrogens is 427 g/mol. The third-order valence-electron chi connectivity index (χ3n) is 6.14. The van der Waals surface area contributed by atoms with E-state index in [1.54, 1.807) is 0 Å². The molecule has 9 heteroatoms. The maximum Gasteiger partial charge on any atom is 0.501 e. The van der Waals surface area contributed by atoms with Gasteiger partial charge in [0.25, 0.3) is 9.84 Å². The SMILES string of the molecule is CC(C)Cc1cnccc1CN1CN(c2ccc(S(=O)(=O)C(F)(F)F)cc2)CC12CC2. The van der Waals surface area contributed by atoms with Crippen LogP contribution in [-0.4, -0.2) is 42.6 Å². The lowest BCUT2D eigenvalue weighted by Gasteiger charge is -2.24. The van der Waals surface area contributed by atoms with Gasteiger partial charge in [-0.15, -0.1) is 0 Å². The van der Waals surface area contributed by atoms with Gasteiger partial charge >= 0.3 is 5.51 Å². The lowest BCUT2D eigenvalue weighted by Crippen LogP contribution is -2.32. The fourth-order valence-corrected chi connectivity index (χ4v) is 5.04. The molecule has 0 atom stereocenters. The number of halogens is 3. The molecule has 1 aliphatic carbocycles. The van der Waals surface area contributed by atoms with Crippen molar-refractivity contribution >= 4 is 15.5 Å². The van der Waals surface area contributed by atoms with E-state index in [0.29, 0.717) is 12.6 Å². The zero-order valence-electron chi connectivity index (χ0n) is 17.6. The van der Waals surface area contributed by atoms with Crippen molar-refractivity contribution in [1.29, 1.82) is 0 Å². The number of sulfone groups is 1. The van der Waals surface area contributed by atoms with Crippen molar-refractivity contribution in [2.45, 2.75) is 55.6 Å². The van der Waals surface area contributed by atoms with Gasteiger partial charge in [-0.25, -0.2) is 8.42 Å². The molecule has 1 aromatic heterocycles. The normalized spacial score (nSPS) is 18.8. The van der Waals surface area contributed by atoms with Crippen molar-refractivity contribution in [3.8, 4) is 0 Å². The molecule has 1 aromatic carbocycles. The second-order valence-corrected chi connectivity index (χ2v) is 10.9. The predicted molar refractivity (Wildman–Crippen MR) is 112 cm³/mol. The second-order valence-electron chi connectivity index (χ2n) is 8.95. The molecule has 1 spiro atoms. The number of rotatable bonds is 6. The lowest BCUT2D eigenvalue weighted by molar-refractivity contribution is -0.0436. The van der Waals surface area contributed by atoms with Gasteiger partial charge in [-0.3, -0.25) is 9.88 Å². The molecule has 1 saturated heterocycles. The molecule has 2 aromatic rings. The smallest absolute Gasteiger partial charge is 0.357 e. The second kappa shape index (κ2) is 7.78. The Hall–Kier alpha value is -2.13. The highest BCUT2D eigenvalue weighted by molar-refractivity contribution is 7.92. The van der Waals surface area contributed by atoms with Crippen molar-refractivity contribution < 1.29 is 21.6 Å². The minimum absolute atomic E-state index is 0.0785. The Balaban J connectivity index is 1.52. The highest BCUT2D eigenvalue weighted by Crippen LogP contribution is 2.48. The fraction of sp³-hybridized carbons (Fsp3) is 0.500. The molecule has 168 valence electrons. The van der Waals surface area contributed by atoms with Crippen LogP contribution in [0, 0.1) is 5.92 Å². The summed E-state index contributed by atoms with van der Waals surface area (Å²) in [5.74, 6) is 0.527. The lowest BCUT2D eigenvalue weighted by atomic mass is 9.99. The number of hydrogen-bond donors (Lipinski definition) is 0. The van der Waals surface area contributed by atoms with E-state index in [9.17, 15) is 21.6 Å². The Labute approximate surface area is 180 Å². The van der Waals surface area contributed by atoms with E-state index in [1.807, 2.05) is 12.4 Å². The van der Waals surface area contributed by atoms with Crippen molar-refractivity contribution in [2.75, 3.05) is 18.1 Å². The molecule has 2 heterocycles. The largest absolute Gasteiger partial charge is 0.501 e. The van der Waals surface area contributed by atoms with Crippen LogP contribution >= 0.6 is 0 Å². The third-order valence-corrected chi connectivity index (χ3v) is 7.64. The maximum absolute atomic E-state index is 12.8. The predicted octanol–water partition coefficient (Wildman–Crippen LogP) is 4.39. The summed E-state index contributed by atoms with van der Waals surface area (Å²) in [7, 11) is -5.33. The van der Waals surface area contributed by atoms with Crippen molar-refractivity contribution in [3.63, 3.8) is 0 Å². The summed E-state index contributed by atoms with van der Waals surface area (Å²) in [6.45, 7) is 6.58. The first-order valence-electron chi connectivity index (χ1n) is 10.3. The summed E-state index contributed by atoms with van der Waals surface area (Å²) in [5, 5.41) is 0. The summed E-state index contributed by atoms with van der Waals surface area (Å²) in [6.07, 6.45) is 6.86. The molecular formula is C22H26F3N3O2S. The van der Waals surface area contributed by atoms with Gasteiger partial charge in [0.2, 0.25) is 0 Å². The van der Waals surface area contributed by atoms with Crippen LogP contribution in [0.1, 0.15) is 37.8 Å². The number of benzene rings is 1. The monoisotopic (exact) mass is 453 g/mol. The maximum atomic E-state index is 12.8. The number of nitrogens with zero attached hydrogens (tertiary/aromatic N) is 3. The quantitative estimate of drug-likeness (QED) is 0.650. The Morgan fingerprint density at radius 3 is 2.35 bits per heavy atom.